The van der Waals surface area contributed by atoms with Crippen LogP contribution in [0.1, 0.15) is 50.0 Å². The van der Waals surface area contributed by atoms with Crippen molar-refractivity contribution in [2.24, 2.45) is 0 Å². The van der Waals surface area contributed by atoms with Crippen molar-refractivity contribution in [1.29, 1.82) is 0 Å². The Morgan fingerprint density at radius 1 is 1.16 bits per heavy atom. The minimum Gasteiger partial charge on any atom is -0.350 e. The third kappa shape index (κ3) is 5.28. The Morgan fingerprint density at radius 3 is 2.50 bits per heavy atom. The summed E-state index contributed by atoms with van der Waals surface area (Å²) in [5, 5.41) is 11.8. The molecule has 2 heterocycles. The van der Waals surface area contributed by atoms with Crippen LogP contribution >= 0.6 is 11.3 Å². The third-order valence-electron chi connectivity index (χ3n) is 5.52. The van der Waals surface area contributed by atoms with Crippen LogP contribution in [-0.2, 0) is 24.2 Å². The Morgan fingerprint density at radius 2 is 1.88 bits per heavy atom. The lowest BCUT2D eigenvalue weighted by molar-refractivity contribution is -0.130. The smallest absolute Gasteiger partial charge is 0.245 e. The fraction of sp³-hybridized carbons (Fsp3) is 0.391. The van der Waals surface area contributed by atoms with Crippen molar-refractivity contribution >= 4 is 39.1 Å². The minimum absolute atomic E-state index is 0.0321. The van der Waals surface area contributed by atoms with Gasteiger partial charge < -0.3 is 5.32 Å². The maximum Gasteiger partial charge on any atom is 0.245 e. The van der Waals surface area contributed by atoms with Crippen molar-refractivity contribution in [3.63, 3.8) is 0 Å². The average Bonchev–Trinajstić information content (AvgIpc) is 3.24. The van der Waals surface area contributed by atoms with Crippen LogP contribution in [0, 0.1) is 0 Å². The number of nitrogens with one attached hydrogen (secondary N) is 2. The summed E-state index contributed by atoms with van der Waals surface area (Å²) >= 11 is 1.35. The van der Waals surface area contributed by atoms with E-state index in [1.807, 2.05) is 44.2 Å². The van der Waals surface area contributed by atoms with E-state index < -0.39 is 20.5 Å². The second kappa shape index (κ2) is 9.97. The number of thiophene rings is 1. The molecule has 7 nitrogen and oxygen atoms in total. The first kappa shape index (κ1) is 24.2. The number of rotatable bonds is 7. The maximum atomic E-state index is 13.0. The van der Waals surface area contributed by atoms with Crippen molar-refractivity contribution in [2.75, 3.05) is 5.75 Å². The standard InChI is InChI=1S/C23H28N2O5S2/c1-16(2)24-21(26)12-7-17-5-8-18(9-6-17)19-10-11-20(31-19)23(15-22(27)25-28)13-3-4-14-32(23,29)30/h5-12,16,28H,3-4,13-15H2,1-2H3,(H,24,26)(H,25,27)/b12-7+/t23-/m0/s1. The van der Waals surface area contributed by atoms with Crippen molar-refractivity contribution in [3.8, 4) is 10.4 Å². The molecule has 1 atom stereocenters. The Bertz CT molecular complexity index is 1100. The molecule has 32 heavy (non-hydrogen) atoms. The first-order chi connectivity index (χ1) is 15.2. The highest BCUT2D eigenvalue weighted by atomic mass is 32.2. The van der Waals surface area contributed by atoms with Crippen LogP contribution in [0.4, 0.5) is 0 Å². The highest BCUT2D eigenvalue weighted by Crippen LogP contribution is 2.47. The van der Waals surface area contributed by atoms with E-state index in [0.717, 1.165) is 16.0 Å². The molecule has 1 aliphatic heterocycles. The maximum absolute atomic E-state index is 13.0. The van der Waals surface area contributed by atoms with E-state index in [4.69, 9.17) is 5.21 Å². The second-order valence-electron chi connectivity index (χ2n) is 8.26. The van der Waals surface area contributed by atoms with Gasteiger partial charge in [-0.25, -0.2) is 13.9 Å². The summed E-state index contributed by atoms with van der Waals surface area (Å²) < 4.78 is 24.8. The number of hydrogen-bond donors (Lipinski definition) is 3. The van der Waals surface area contributed by atoms with Crippen molar-refractivity contribution < 1.29 is 23.2 Å². The van der Waals surface area contributed by atoms with Gasteiger partial charge in [0.2, 0.25) is 11.8 Å². The van der Waals surface area contributed by atoms with Gasteiger partial charge in [0.25, 0.3) is 0 Å². The fourth-order valence-electron chi connectivity index (χ4n) is 3.92. The molecule has 9 heteroatoms. The van der Waals surface area contributed by atoms with Gasteiger partial charge in [-0.2, -0.15) is 0 Å². The summed E-state index contributed by atoms with van der Waals surface area (Å²) in [6.07, 6.45) is 4.56. The average molecular weight is 477 g/mol. The van der Waals surface area contributed by atoms with Gasteiger partial charge >= 0.3 is 0 Å². The summed E-state index contributed by atoms with van der Waals surface area (Å²) in [5.41, 5.74) is 3.37. The lowest BCUT2D eigenvalue weighted by Gasteiger charge is -2.35. The van der Waals surface area contributed by atoms with Gasteiger partial charge in [-0.1, -0.05) is 30.7 Å². The molecule has 3 N–H and O–H groups in total. The zero-order valence-electron chi connectivity index (χ0n) is 18.1. The van der Waals surface area contributed by atoms with E-state index >= 15 is 0 Å². The lowest BCUT2D eigenvalue weighted by Crippen LogP contribution is -2.43. The van der Waals surface area contributed by atoms with Crippen LogP contribution in [0.3, 0.4) is 0 Å². The van der Waals surface area contributed by atoms with E-state index in [-0.39, 0.29) is 24.1 Å². The molecule has 1 aromatic heterocycles. The van der Waals surface area contributed by atoms with E-state index in [1.54, 1.807) is 17.6 Å². The molecule has 0 radical (unpaired) electrons. The summed E-state index contributed by atoms with van der Waals surface area (Å²) in [4.78, 5) is 25.2. The van der Waals surface area contributed by atoms with Crippen LogP contribution < -0.4 is 10.8 Å². The van der Waals surface area contributed by atoms with Gasteiger partial charge in [0.05, 0.1) is 12.2 Å². The topological polar surface area (TPSA) is 113 Å². The third-order valence-corrected chi connectivity index (χ3v) is 9.57. The zero-order chi connectivity index (χ0) is 23.4. The van der Waals surface area contributed by atoms with E-state index in [9.17, 15) is 18.0 Å². The molecule has 1 fully saturated rings. The van der Waals surface area contributed by atoms with E-state index in [2.05, 4.69) is 5.32 Å². The molecule has 172 valence electrons. The second-order valence-corrected chi connectivity index (χ2v) is 11.8. The highest BCUT2D eigenvalue weighted by Gasteiger charge is 2.49. The highest BCUT2D eigenvalue weighted by molar-refractivity contribution is 7.92. The van der Waals surface area contributed by atoms with E-state index in [0.29, 0.717) is 24.1 Å². The van der Waals surface area contributed by atoms with Crippen LogP contribution in [0.2, 0.25) is 0 Å². The summed E-state index contributed by atoms with van der Waals surface area (Å²) in [5.74, 6) is -0.828. The number of hydroxylamine groups is 1. The lowest BCUT2D eigenvalue weighted by atomic mass is 9.94. The molecule has 3 rings (SSSR count). The van der Waals surface area contributed by atoms with Gasteiger partial charge in [-0.15, -0.1) is 11.3 Å². The Balaban J connectivity index is 1.86. The number of amides is 2. The summed E-state index contributed by atoms with van der Waals surface area (Å²) in [6.45, 7) is 3.80. The summed E-state index contributed by atoms with van der Waals surface area (Å²) in [7, 11) is -3.55. The number of benzene rings is 1. The Kier molecular flexibility index (Phi) is 7.53. The normalized spacial score (nSPS) is 20.4. The first-order valence-electron chi connectivity index (χ1n) is 10.5. The van der Waals surface area contributed by atoms with Gasteiger partial charge in [0.1, 0.15) is 4.75 Å². The van der Waals surface area contributed by atoms with Gasteiger partial charge in [-0.3, -0.25) is 14.8 Å². The Hall–Kier alpha value is -2.49. The minimum atomic E-state index is -3.55. The summed E-state index contributed by atoms with van der Waals surface area (Å²) in [6, 6.07) is 11.3. The molecule has 0 aliphatic carbocycles. The van der Waals surface area contributed by atoms with Crippen LogP contribution in [-0.4, -0.2) is 37.2 Å². The van der Waals surface area contributed by atoms with Gasteiger partial charge in [0, 0.05) is 21.9 Å². The monoisotopic (exact) mass is 476 g/mol. The van der Waals surface area contributed by atoms with Crippen LogP contribution in [0.25, 0.3) is 16.5 Å². The van der Waals surface area contributed by atoms with E-state index in [1.165, 1.54) is 17.4 Å². The van der Waals surface area contributed by atoms with Crippen molar-refractivity contribution in [2.45, 2.75) is 50.3 Å². The molecule has 1 aliphatic rings. The zero-order valence-corrected chi connectivity index (χ0v) is 19.8. The molecule has 0 spiro atoms. The number of hydrogen-bond acceptors (Lipinski definition) is 6. The SMILES string of the molecule is CC(C)NC(=O)/C=C/c1ccc(-c2ccc([C@@]3(CC(=O)NO)CCCCS3(=O)=O)s2)cc1. The molecule has 1 aromatic carbocycles. The van der Waals surface area contributed by atoms with Crippen molar-refractivity contribution in [1.82, 2.24) is 10.8 Å². The molecule has 2 aromatic rings. The van der Waals surface area contributed by atoms with Gasteiger partial charge in [0.15, 0.2) is 9.84 Å². The predicted octanol–water partition coefficient (Wildman–Crippen LogP) is 3.64. The van der Waals surface area contributed by atoms with Crippen LogP contribution in [0.5, 0.6) is 0 Å². The predicted molar refractivity (Wildman–Crippen MR) is 126 cm³/mol. The molecule has 0 saturated carbocycles. The molecular weight excluding hydrogens is 448 g/mol. The fourth-order valence-corrected chi connectivity index (χ4v) is 7.70. The van der Waals surface area contributed by atoms with Crippen LogP contribution in [0.15, 0.2) is 42.5 Å². The largest absolute Gasteiger partial charge is 0.350 e. The molecule has 2 amide bonds. The quantitative estimate of drug-likeness (QED) is 0.321. The molecule has 0 bridgehead atoms. The molecule has 1 saturated heterocycles. The molecular formula is C23H28N2O5S2. The van der Waals surface area contributed by atoms with Gasteiger partial charge in [-0.05, 0) is 56.0 Å². The van der Waals surface area contributed by atoms with Crippen molar-refractivity contribution in [3.05, 3.63) is 52.9 Å². The number of sulfone groups is 1. The number of carbonyl (C=O) groups is 2. The Labute approximate surface area is 192 Å². The number of carbonyl (C=O) groups excluding carboxylic acids is 2. The molecule has 0 unspecified atom stereocenters. The first-order valence-corrected chi connectivity index (χ1v) is 13.0.